The number of benzene rings is 3. The average molecular weight is 454 g/mol. The molecule has 0 atom stereocenters. The van der Waals surface area contributed by atoms with Crippen molar-refractivity contribution in [2.75, 3.05) is 29.9 Å². The normalized spacial score (nSPS) is 15.6. The number of nitrogens with one attached hydrogen (secondary N) is 1. The fourth-order valence-electron chi connectivity index (χ4n) is 4.94. The summed E-state index contributed by atoms with van der Waals surface area (Å²) in [6.07, 6.45) is 4.22. The summed E-state index contributed by atoms with van der Waals surface area (Å²) in [6.45, 7) is 5.23. The van der Waals surface area contributed by atoms with Gasteiger partial charge < -0.3 is 15.1 Å². The van der Waals surface area contributed by atoms with Gasteiger partial charge in [-0.3, -0.25) is 9.59 Å². The highest BCUT2D eigenvalue weighted by Crippen LogP contribution is 2.31. The first-order valence-electron chi connectivity index (χ1n) is 12.2. The van der Waals surface area contributed by atoms with E-state index in [9.17, 15) is 9.59 Å². The number of amides is 2. The van der Waals surface area contributed by atoms with Crippen molar-refractivity contribution in [3.63, 3.8) is 0 Å². The number of piperidine rings is 1. The van der Waals surface area contributed by atoms with E-state index >= 15 is 0 Å². The number of fused-ring (bicyclic) bond motifs is 1. The second-order valence-corrected chi connectivity index (χ2v) is 9.35. The minimum absolute atomic E-state index is 0.0555. The van der Waals surface area contributed by atoms with Crippen LogP contribution in [0.2, 0.25) is 0 Å². The Bertz CT molecular complexity index is 1200. The number of rotatable bonds is 4. The van der Waals surface area contributed by atoms with Crippen LogP contribution in [0.5, 0.6) is 0 Å². The van der Waals surface area contributed by atoms with Gasteiger partial charge in [0.15, 0.2) is 0 Å². The molecule has 2 amide bonds. The molecular weight excluding hydrogens is 422 g/mol. The smallest absolute Gasteiger partial charge is 0.256 e. The van der Waals surface area contributed by atoms with Gasteiger partial charge in [-0.05, 0) is 74.1 Å². The zero-order valence-electron chi connectivity index (χ0n) is 19.7. The van der Waals surface area contributed by atoms with E-state index < -0.39 is 0 Å². The van der Waals surface area contributed by atoms with E-state index in [0.717, 1.165) is 56.7 Å². The van der Waals surface area contributed by atoms with Crippen LogP contribution in [0.15, 0.2) is 66.7 Å². The van der Waals surface area contributed by atoms with Gasteiger partial charge in [0.05, 0.1) is 5.56 Å². The highest BCUT2D eigenvalue weighted by molar-refractivity contribution is 6.06. The maximum absolute atomic E-state index is 13.6. The summed E-state index contributed by atoms with van der Waals surface area (Å²) in [6, 6.07) is 21.8. The summed E-state index contributed by atoms with van der Waals surface area (Å²) in [4.78, 5) is 30.7. The van der Waals surface area contributed by atoms with Gasteiger partial charge in [-0.1, -0.05) is 42.0 Å². The van der Waals surface area contributed by atoms with Crippen molar-refractivity contribution in [3.8, 4) is 0 Å². The van der Waals surface area contributed by atoms with Gasteiger partial charge in [0, 0.05) is 43.1 Å². The van der Waals surface area contributed by atoms with Crippen LogP contribution < -0.4 is 10.2 Å². The number of hydrogen-bond donors (Lipinski definition) is 1. The van der Waals surface area contributed by atoms with Crippen LogP contribution in [0.3, 0.4) is 0 Å². The minimum atomic E-state index is -0.170. The molecule has 0 saturated carbocycles. The maximum Gasteiger partial charge on any atom is 0.256 e. The Hall–Kier alpha value is -3.60. The van der Waals surface area contributed by atoms with Crippen molar-refractivity contribution in [3.05, 3.63) is 94.5 Å². The molecule has 3 aromatic rings. The van der Waals surface area contributed by atoms with Crippen molar-refractivity contribution < 1.29 is 9.59 Å². The van der Waals surface area contributed by atoms with Gasteiger partial charge >= 0.3 is 0 Å². The summed E-state index contributed by atoms with van der Waals surface area (Å²) in [7, 11) is 0. The van der Waals surface area contributed by atoms with E-state index in [1.807, 2.05) is 54.3 Å². The Balaban J connectivity index is 1.45. The van der Waals surface area contributed by atoms with Crippen LogP contribution in [-0.4, -0.2) is 36.3 Å². The largest absolute Gasteiger partial charge is 0.366 e. The molecule has 0 radical (unpaired) electrons. The second-order valence-electron chi connectivity index (χ2n) is 9.35. The number of carbonyl (C=O) groups is 2. The molecule has 0 spiro atoms. The first kappa shape index (κ1) is 22.2. The molecule has 2 aliphatic heterocycles. The zero-order chi connectivity index (χ0) is 23.5. The predicted octanol–water partition coefficient (Wildman–Crippen LogP) is 5.44. The van der Waals surface area contributed by atoms with Crippen molar-refractivity contribution in [1.29, 1.82) is 0 Å². The fraction of sp³-hybridized carbons (Fsp3) is 0.310. The SMILES string of the molecule is Cc1ccc(C(=O)Nc2ccc(N3CCc4ccccc4C3)c(C(=O)N3CCCCC3)c2)cc1. The summed E-state index contributed by atoms with van der Waals surface area (Å²) >= 11 is 0. The highest BCUT2D eigenvalue weighted by Gasteiger charge is 2.25. The van der Waals surface area contributed by atoms with Crippen LogP contribution in [0.25, 0.3) is 0 Å². The Morgan fingerprint density at radius 3 is 2.32 bits per heavy atom. The molecule has 2 aliphatic rings. The van der Waals surface area contributed by atoms with Gasteiger partial charge in [0.2, 0.25) is 0 Å². The lowest BCUT2D eigenvalue weighted by Gasteiger charge is -2.34. The lowest BCUT2D eigenvalue weighted by Crippen LogP contribution is -2.38. The molecule has 174 valence electrons. The molecular formula is C29H31N3O2. The summed E-state index contributed by atoms with van der Waals surface area (Å²) < 4.78 is 0. The highest BCUT2D eigenvalue weighted by atomic mass is 16.2. The Kier molecular flexibility index (Phi) is 6.35. The van der Waals surface area contributed by atoms with Crippen LogP contribution in [0.1, 0.15) is 56.7 Å². The molecule has 0 aromatic heterocycles. The quantitative estimate of drug-likeness (QED) is 0.573. The predicted molar refractivity (Wildman–Crippen MR) is 137 cm³/mol. The molecule has 34 heavy (non-hydrogen) atoms. The molecule has 1 N–H and O–H groups in total. The van der Waals surface area contributed by atoms with E-state index in [4.69, 9.17) is 0 Å². The van der Waals surface area contributed by atoms with Crippen molar-refractivity contribution >= 4 is 23.2 Å². The van der Waals surface area contributed by atoms with Crippen molar-refractivity contribution in [1.82, 2.24) is 4.90 Å². The van der Waals surface area contributed by atoms with E-state index in [0.29, 0.717) is 16.8 Å². The molecule has 3 aromatic carbocycles. The lowest BCUT2D eigenvalue weighted by molar-refractivity contribution is 0.0724. The van der Waals surface area contributed by atoms with E-state index in [1.165, 1.54) is 17.5 Å². The van der Waals surface area contributed by atoms with Gasteiger partial charge in [-0.15, -0.1) is 0 Å². The molecule has 5 nitrogen and oxygen atoms in total. The van der Waals surface area contributed by atoms with E-state index in [2.05, 4.69) is 34.5 Å². The number of likely N-dealkylation sites (tertiary alicyclic amines) is 1. The minimum Gasteiger partial charge on any atom is -0.366 e. The molecule has 2 heterocycles. The molecule has 5 rings (SSSR count). The number of anilines is 2. The summed E-state index contributed by atoms with van der Waals surface area (Å²) in [5.74, 6) is -0.115. The number of carbonyl (C=O) groups excluding carboxylic acids is 2. The second kappa shape index (κ2) is 9.72. The van der Waals surface area contributed by atoms with Crippen LogP contribution >= 0.6 is 0 Å². The molecule has 0 bridgehead atoms. The molecule has 1 fully saturated rings. The van der Waals surface area contributed by atoms with Crippen molar-refractivity contribution in [2.45, 2.75) is 39.2 Å². The number of hydrogen-bond acceptors (Lipinski definition) is 3. The maximum atomic E-state index is 13.6. The van der Waals surface area contributed by atoms with Gasteiger partial charge in [-0.2, -0.15) is 0 Å². The van der Waals surface area contributed by atoms with Crippen molar-refractivity contribution in [2.24, 2.45) is 0 Å². The Morgan fingerprint density at radius 2 is 1.56 bits per heavy atom. The lowest BCUT2D eigenvalue weighted by atomic mass is 9.98. The molecule has 0 unspecified atom stereocenters. The van der Waals surface area contributed by atoms with E-state index in [1.54, 1.807) is 0 Å². The third-order valence-corrected chi connectivity index (χ3v) is 6.91. The average Bonchev–Trinajstić information content (AvgIpc) is 2.89. The van der Waals surface area contributed by atoms with Crippen LogP contribution in [0.4, 0.5) is 11.4 Å². The number of nitrogens with zero attached hydrogens (tertiary/aromatic N) is 2. The Labute approximate surface area is 201 Å². The van der Waals surface area contributed by atoms with Gasteiger partial charge in [-0.25, -0.2) is 0 Å². The standard InChI is InChI=1S/C29H31N3O2/c1-21-9-11-23(12-10-21)28(33)30-25-13-14-27(26(19-25)29(34)31-16-5-2-6-17-31)32-18-15-22-7-3-4-8-24(22)20-32/h3-4,7-14,19H,2,5-6,15-18,20H2,1H3,(H,30,33). The Morgan fingerprint density at radius 1 is 0.824 bits per heavy atom. The number of aryl methyl sites for hydroxylation is 1. The van der Waals surface area contributed by atoms with Gasteiger partial charge in [0.25, 0.3) is 11.8 Å². The molecule has 1 saturated heterocycles. The zero-order valence-corrected chi connectivity index (χ0v) is 19.7. The summed E-state index contributed by atoms with van der Waals surface area (Å²) in [5, 5.41) is 2.99. The molecule has 0 aliphatic carbocycles. The topological polar surface area (TPSA) is 52.7 Å². The van der Waals surface area contributed by atoms with Gasteiger partial charge in [0.1, 0.15) is 0 Å². The first-order valence-corrected chi connectivity index (χ1v) is 12.2. The van der Waals surface area contributed by atoms with Crippen LogP contribution in [0, 0.1) is 6.92 Å². The van der Waals surface area contributed by atoms with E-state index in [-0.39, 0.29) is 11.8 Å². The fourth-order valence-corrected chi connectivity index (χ4v) is 4.94. The third-order valence-electron chi connectivity index (χ3n) is 6.91. The third kappa shape index (κ3) is 4.69. The monoisotopic (exact) mass is 453 g/mol. The molecule has 5 heteroatoms. The van der Waals surface area contributed by atoms with Crippen LogP contribution in [-0.2, 0) is 13.0 Å². The summed E-state index contributed by atoms with van der Waals surface area (Å²) in [5.41, 5.74) is 6.66. The first-order chi connectivity index (χ1) is 16.6.